The van der Waals surface area contributed by atoms with Crippen molar-refractivity contribution in [1.82, 2.24) is 4.90 Å². The summed E-state index contributed by atoms with van der Waals surface area (Å²) in [7, 11) is 0. The van der Waals surface area contributed by atoms with Gasteiger partial charge in [0.15, 0.2) is 0 Å². The van der Waals surface area contributed by atoms with Crippen molar-refractivity contribution in [2.75, 3.05) is 26.3 Å². The van der Waals surface area contributed by atoms with Crippen LogP contribution in [0, 0.1) is 5.41 Å². The minimum absolute atomic E-state index is 0.137. The summed E-state index contributed by atoms with van der Waals surface area (Å²) >= 11 is 0. The van der Waals surface area contributed by atoms with Crippen molar-refractivity contribution >= 4 is 0 Å². The molecule has 0 amide bonds. The van der Waals surface area contributed by atoms with Gasteiger partial charge in [0.1, 0.15) is 0 Å². The van der Waals surface area contributed by atoms with Crippen molar-refractivity contribution in [3.63, 3.8) is 0 Å². The van der Waals surface area contributed by atoms with Crippen molar-refractivity contribution in [3.05, 3.63) is 0 Å². The predicted octanol–water partition coefficient (Wildman–Crippen LogP) is 2.93. The van der Waals surface area contributed by atoms with Crippen LogP contribution < -0.4 is 5.73 Å². The lowest BCUT2D eigenvalue weighted by Crippen LogP contribution is -2.67. The van der Waals surface area contributed by atoms with Crippen LogP contribution in [0.1, 0.15) is 65.2 Å². The second kappa shape index (κ2) is 5.26. The second-order valence-electron chi connectivity index (χ2n) is 8.15. The normalized spacial score (nSPS) is 32.5. The van der Waals surface area contributed by atoms with Crippen molar-refractivity contribution in [2.24, 2.45) is 11.1 Å². The molecule has 1 aliphatic heterocycles. The van der Waals surface area contributed by atoms with Gasteiger partial charge in [0.2, 0.25) is 0 Å². The summed E-state index contributed by atoms with van der Waals surface area (Å²) in [6.07, 6.45) is 11.3. The first-order chi connectivity index (χ1) is 9.52. The first-order valence-electron chi connectivity index (χ1n) is 8.58. The van der Waals surface area contributed by atoms with Crippen LogP contribution in [0.15, 0.2) is 0 Å². The molecule has 1 heterocycles. The van der Waals surface area contributed by atoms with Crippen LogP contribution >= 0.6 is 0 Å². The number of ether oxygens (including phenoxy) is 1. The lowest BCUT2D eigenvalue weighted by atomic mass is 9.65. The molecule has 0 atom stereocenters. The van der Waals surface area contributed by atoms with Crippen LogP contribution in [0.2, 0.25) is 0 Å². The molecule has 3 rings (SSSR count). The number of nitrogens with two attached hydrogens (primary N) is 1. The largest absolute Gasteiger partial charge is 0.378 e. The van der Waals surface area contributed by atoms with Gasteiger partial charge >= 0.3 is 0 Å². The Morgan fingerprint density at radius 2 is 1.65 bits per heavy atom. The zero-order chi connectivity index (χ0) is 14.3. The van der Waals surface area contributed by atoms with Crippen LogP contribution in [0.4, 0.5) is 0 Å². The standard InChI is InChI=1S/C17H32N2O/c1-15(2)14-20-12-11-19(15)17(13-18)9-7-16(8-10-17)5-3-4-6-16/h3-14,18H2,1-2H3. The Morgan fingerprint density at radius 3 is 2.20 bits per heavy atom. The van der Waals surface area contributed by atoms with E-state index >= 15 is 0 Å². The molecule has 0 aromatic carbocycles. The monoisotopic (exact) mass is 280 g/mol. The van der Waals surface area contributed by atoms with Crippen molar-refractivity contribution in [2.45, 2.75) is 76.3 Å². The molecule has 0 bridgehead atoms. The fourth-order valence-corrected chi connectivity index (χ4v) is 5.19. The summed E-state index contributed by atoms with van der Waals surface area (Å²) in [4.78, 5) is 2.70. The SMILES string of the molecule is CC1(C)COCCN1C1(CN)CCC2(CCCC2)CC1. The van der Waals surface area contributed by atoms with E-state index in [1.54, 1.807) is 0 Å². The van der Waals surface area contributed by atoms with E-state index in [9.17, 15) is 0 Å². The number of morpholine rings is 1. The third kappa shape index (κ3) is 2.42. The van der Waals surface area contributed by atoms with E-state index in [2.05, 4.69) is 18.7 Å². The van der Waals surface area contributed by atoms with E-state index in [1.807, 2.05) is 0 Å². The van der Waals surface area contributed by atoms with Crippen LogP contribution in [-0.4, -0.2) is 42.3 Å². The first kappa shape index (κ1) is 14.8. The van der Waals surface area contributed by atoms with Gasteiger partial charge in [0.05, 0.1) is 13.2 Å². The molecule has 1 spiro atoms. The van der Waals surface area contributed by atoms with Gasteiger partial charge in [-0.3, -0.25) is 4.90 Å². The average Bonchev–Trinajstić information content (AvgIpc) is 2.89. The van der Waals surface area contributed by atoms with E-state index in [4.69, 9.17) is 10.5 Å². The molecular weight excluding hydrogens is 248 g/mol. The van der Waals surface area contributed by atoms with Crippen molar-refractivity contribution in [1.29, 1.82) is 0 Å². The van der Waals surface area contributed by atoms with Gasteiger partial charge in [-0.2, -0.15) is 0 Å². The van der Waals surface area contributed by atoms with Crippen LogP contribution in [-0.2, 0) is 4.74 Å². The van der Waals surface area contributed by atoms with Crippen molar-refractivity contribution in [3.8, 4) is 0 Å². The molecule has 3 nitrogen and oxygen atoms in total. The Morgan fingerprint density at radius 1 is 1.00 bits per heavy atom. The summed E-state index contributed by atoms with van der Waals surface area (Å²) < 4.78 is 5.71. The zero-order valence-corrected chi connectivity index (χ0v) is 13.4. The molecule has 0 aromatic heterocycles. The highest BCUT2D eigenvalue weighted by atomic mass is 16.5. The first-order valence-corrected chi connectivity index (χ1v) is 8.58. The Balaban J connectivity index is 1.75. The number of rotatable bonds is 2. The van der Waals surface area contributed by atoms with Gasteiger partial charge in [0, 0.05) is 24.2 Å². The fourth-order valence-electron chi connectivity index (χ4n) is 5.19. The molecule has 0 radical (unpaired) electrons. The summed E-state index contributed by atoms with van der Waals surface area (Å²) in [6, 6.07) is 0. The maximum absolute atomic E-state index is 6.29. The van der Waals surface area contributed by atoms with Gasteiger partial charge in [-0.25, -0.2) is 0 Å². The predicted molar refractivity (Wildman–Crippen MR) is 82.8 cm³/mol. The number of hydrogen-bond donors (Lipinski definition) is 1. The molecule has 1 saturated heterocycles. The summed E-state index contributed by atoms with van der Waals surface area (Å²) in [5, 5.41) is 0. The van der Waals surface area contributed by atoms with Gasteiger partial charge in [-0.1, -0.05) is 12.8 Å². The number of hydrogen-bond acceptors (Lipinski definition) is 3. The Bertz CT molecular complexity index is 337. The van der Waals surface area contributed by atoms with Crippen LogP contribution in [0.25, 0.3) is 0 Å². The Kier molecular flexibility index (Phi) is 3.89. The van der Waals surface area contributed by atoms with Gasteiger partial charge in [0.25, 0.3) is 0 Å². The highest BCUT2D eigenvalue weighted by Gasteiger charge is 2.50. The van der Waals surface area contributed by atoms with Gasteiger partial charge < -0.3 is 10.5 Å². The summed E-state index contributed by atoms with van der Waals surface area (Å²) in [5.74, 6) is 0. The highest BCUT2D eigenvalue weighted by molar-refractivity contribution is 5.05. The molecular formula is C17H32N2O. The maximum atomic E-state index is 6.29. The molecule has 2 aliphatic carbocycles. The lowest BCUT2D eigenvalue weighted by Gasteiger charge is -2.57. The van der Waals surface area contributed by atoms with Crippen LogP contribution in [0.5, 0.6) is 0 Å². The molecule has 0 unspecified atom stereocenters. The van der Waals surface area contributed by atoms with E-state index in [1.165, 1.54) is 51.4 Å². The third-order valence-electron chi connectivity index (χ3n) is 6.50. The Hall–Kier alpha value is -0.120. The average molecular weight is 280 g/mol. The molecule has 0 aromatic rings. The van der Waals surface area contributed by atoms with E-state index < -0.39 is 0 Å². The zero-order valence-electron chi connectivity index (χ0n) is 13.4. The van der Waals surface area contributed by atoms with Crippen molar-refractivity contribution < 1.29 is 4.74 Å². The highest BCUT2D eigenvalue weighted by Crippen LogP contribution is 2.53. The molecule has 116 valence electrons. The quantitative estimate of drug-likeness (QED) is 0.845. The molecule has 3 aliphatic rings. The lowest BCUT2D eigenvalue weighted by molar-refractivity contribution is -0.122. The van der Waals surface area contributed by atoms with Gasteiger partial charge in [-0.05, 0) is 57.8 Å². The fraction of sp³-hybridized carbons (Fsp3) is 1.00. The Labute approximate surface area is 124 Å². The van der Waals surface area contributed by atoms with Crippen LogP contribution in [0.3, 0.4) is 0 Å². The number of nitrogens with zero attached hydrogens (tertiary/aromatic N) is 1. The minimum atomic E-state index is 0.137. The van der Waals surface area contributed by atoms with E-state index in [0.29, 0.717) is 5.41 Å². The minimum Gasteiger partial charge on any atom is -0.378 e. The molecule has 2 N–H and O–H groups in total. The molecule has 3 fully saturated rings. The molecule has 20 heavy (non-hydrogen) atoms. The topological polar surface area (TPSA) is 38.5 Å². The third-order valence-corrected chi connectivity index (χ3v) is 6.50. The van der Waals surface area contributed by atoms with E-state index in [-0.39, 0.29) is 11.1 Å². The smallest absolute Gasteiger partial charge is 0.0645 e. The maximum Gasteiger partial charge on any atom is 0.0645 e. The van der Waals surface area contributed by atoms with Gasteiger partial charge in [-0.15, -0.1) is 0 Å². The molecule has 3 heteroatoms. The summed E-state index contributed by atoms with van der Waals surface area (Å²) in [6.45, 7) is 8.23. The second-order valence-corrected chi connectivity index (χ2v) is 8.15. The molecule has 2 saturated carbocycles. The van der Waals surface area contributed by atoms with E-state index in [0.717, 1.165) is 26.3 Å². The summed E-state index contributed by atoms with van der Waals surface area (Å²) in [5.41, 5.74) is 7.36.